The molecule has 1 atom stereocenters. The Kier molecular flexibility index (Phi) is 4.58. The Morgan fingerprint density at radius 2 is 1.90 bits per heavy atom. The fourth-order valence-corrected chi connectivity index (χ4v) is 3.84. The van der Waals surface area contributed by atoms with E-state index < -0.39 is 0 Å². The lowest BCUT2D eigenvalue weighted by molar-refractivity contribution is 0.589. The summed E-state index contributed by atoms with van der Waals surface area (Å²) in [4.78, 5) is 6.07. The number of thiazole rings is 1. The first-order chi connectivity index (χ1) is 10.3. The quantitative estimate of drug-likeness (QED) is 0.701. The number of likely N-dealkylation sites (N-methyl/N-ethyl adjacent to an activating group) is 1. The summed E-state index contributed by atoms with van der Waals surface area (Å²) in [5, 5.41) is 4.56. The van der Waals surface area contributed by atoms with Gasteiger partial charge in [0.1, 0.15) is 5.01 Å². The van der Waals surface area contributed by atoms with Gasteiger partial charge in [0.15, 0.2) is 0 Å². The summed E-state index contributed by atoms with van der Waals surface area (Å²) in [7, 11) is 2.01. The highest BCUT2D eigenvalue weighted by atomic mass is 32.2. The molecule has 0 saturated heterocycles. The second kappa shape index (κ2) is 6.60. The van der Waals surface area contributed by atoms with Crippen LogP contribution in [-0.2, 0) is 6.42 Å². The topological polar surface area (TPSA) is 24.9 Å². The molecule has 0 fully saturated rings. The molecule has 0 amide bonds. The minimum Gasteiger partial charge on any atom is -0.311 e. The number of para-hydroxylation sites is 1. The normalized spacial score (nSPS) is 12.7. The predicted octanol–water partition coefficient (Wildman–Crippen LogP) is 4.52. The number of nitrogens with zero attached hydrogens (tertiary/aromatic N) is 1. The molecule has 108 valence electrons. The Hall–Kier alpha value is -1.36. The summed E-state index contributed by atoms with van der Waals surface area (Å²) in [5.41, 5.74) is 2.43. The Balaban J connectivity index is 1.83. The van der Waals surface area contributed by atoms with Gasteiger partial charge in [0.2, 0.25) is 0 Å². The maximum atomic E-state index is 4.77. The Bertz CT molecular complexity index is 686. The van der Waals surface area contributed by atoms with Gasteiger partial charge in [-0.2, -0.15) is 0 Å². The molecule has 2 nitrogen and oxygen atoms in total. The smallest absolute Gasteiger partial charge is 0.111 e. The molecule has 3 rings (SSSR count). The number of hydrogen-bond donors (Lipinski definition) is 1. The van der Waals surface area contributed by atoms with Crippen molar-refractivity contribution in [2.24, 2.45) is 0 Å². The van der Waals surface area contributed by atoms with Crippen molar-refractivity contribution in [2.45, 2.75) is 17.4 Å². The first-order valence-corrected chi connectivity index (χ1v) is 9.00. The van der Waals surface area contributed by atoms with Crippen LogP contribution in [0.1, 0.15) is 16.6 Å². The highest BCUT2D eigenvalue weighted by molar-refractivity contribution is 7.98. The van der Waals surface area contributed by atoms with Crippen LogP contribution in [0, 0.1) is 0 Å². The minimum absolute atomic E-state index is 0.266. The highest BCUT2D eigenvalue weighted by Crippen LogP contribution is 2.28. The molecular formula is C17H18N2S2. The van der Waals surface area contributed by atoms with E-state index in [1.165, 1.54) is 15.2 Å². The van der Waals surface area contributed by atoms with Crippen LogP contribution in [0.5, 0.6) is 0 Å². The Morgan fingerprint density at radius 3 is 2.57 bits per heavy atom. The van der Waals surface area contributed by atoms with Crippen LogP contribution >= 0.6 is 23.1 Å². The average Bonchev–Trinajstić information content (AvgIpc) is 2.97. The van der Waals surface area contributed by atoms with Gasteiger partial charge >= 0.3 is 0 Å². The molecule has 0 aliphatic rings. The maximum Gasteiger partial charge on any atom is 0.111 e. The lowest BCUT2D eigenvalue weighted by Crippen LogP contribution is -2.18. The van der Waals surface area contributed by atoms with Gasteiger partial charge in [0.25, 0.3) is 0 Å². The lowest BCUT2D eigenvalue weighted by Gasteiger charge is -2.13. The summed E-state index contributed by atoms with van der Waals surface area (Å²) in [5.74, 6) is 0. The van der Waals surface area contributed by atoms with Crippen LogP contribution in [0.4, 0.5) is 0 Å². The van der Waals surface area contributed by atoms with Crippen molar-refractivity contribution in [3.8, 4) is 0 Å². The zero-order valence-corrected chi connectivity index (χ0v) is 13.8. The molecule has 21 heavy (non-hydrogen) atoms. The molecule has 0 aliphatic carbocycles. The molecule has 0 bridgehead atoms. The Labute approximate surface area is 133 Å². The lowest BCUT2D eigenvalue weighted by atomic mass is 10.1. The van der Waals surface area contributed by atoms with Gasteiger partial charge in [-0.25, -0.2) is 4.98 Å². The molecule has 4 heteroatoms. The van der Waals surface area contributed by atoms with E-state index in [-0.39, 0.29) is 6.04 Å². The van der Waals surface area contributed by atoms with Crippen molar-refractivity contribution in [3.63, 3.8) is 0 Å². The van der Waals surface area contributed by atoms with Gasteiger partial charge in [-0.3, -0.25) is 0 Å². The van der Waals surface area contributed by atoms with Crippen molar-refractivity contribution < 1.29 is 0 Å². The molecule has 0 spiro atoms. The average molecular weight is 314 g/mol. The third-order valence-electron chi connectivity index (χ3n) is 3.56. The van der Waals surface area contributed by atoms with Gasteiger partial charge in [-0.1, -0.05) is 24.3 Å². The van der Waals surface area contributed by atoms with Crippen molar-refractivity contribution in [2.75, 3.05) is 13.3 Å². The summed E-state index contributed by atoms with van der Waals surface area (Å²) >= 11 is 3.55. The number of hydrogen-bond acceptors (Lipinski definition) is 4. The van der Waals surface area contributed by atoms with E-state index in [1.54, 1.807) is 23.1 Å². The highest BCUT2D eigenvalue weighted by Gasteiger charge is 2.15. The third kappa shape index (κ3) is 3.28. The first-order valence-electron chi connectivity index (χ1n) is 6.96. The summed E-state index contributed by atoms with van der Waals surface area (Å²) in [6, 6.07) is 17.4. The van der Waals surface area contributed by atoms with E-state index in [1.807, 2.05) is 13.1 Å². The SMILES string of the molecule is CNC(Cc1ccc(SC)cc1)c1nc2ccccc2s1. The third-order valence-corrected chi connectivity index (χ3v) is 5.45. The van der Waals surface area contributed by atoms with E-state index in [2.05, 4.69) is 54.0 Å². The zero-order valence-electron chi connectivity index (χ0n) is 12.2. The van der Waals surface area contributed by atoms with E-state index in [0.717, 1.165) is 16.9 Å². The van der Waals surface area contributed by atoms with E-state index in [9.17, 15) is 0 Å². The molecule has 0 saturated carbocycles. The fraction of sp³-hybridized carbons (Fsp3) is 0.235. The fourth-order valence-electron chi connectivity index (χ4n) is 2.35. The second-order valence-corrected chi connectivity index (χ2v) is 6.86. The molecule has 1 aromatic heterocycles. The van der Waals surface area contributed by atoms with Crippen molar-refractivity contribution in [1.29, 1.82) is 0 Å². The van der Waals surface area contributed by atoms with Crippen molar-refractivity contribution in [1.82, 2.24) is 10.3 Å². The molecule has 0 aliphatic heterocycles. The molecule has 2 aromatic carbocycles. The first kappa shape index (κ1) is 14.6. The summed E-state index contributed by atoms with van der Waals surface area (Å²) < 4.78 is 1.26. The van der Waals surface area contributed by atoms with Crippen LogP contribution in [0.15, 0.2) is 53.4 Å². The number of rotatable bonds is 5. The standard InChI is InChI=1S/C17H18N2S2/c1-18-15(11-12-7-9-13(20-2)10-8-12)17-19-14-5-3-4-6-16(14)21-17/h3-10,15,18H,11H2,1-2H3. The maximum absolute atomic E-state index is 4.77. The second-order valence-electron chi connectivity index (χ2n) is 4.91. The molecule has 1 unspecified atom stereocenters. The number of fused-ring (bicyclic) bond motifs is 1. The number of nitrogens with one attached hydrogen (secondary N) is 1. The van der Waals surface area contributed by atoms with Crippen LogP contribution in [0.2, 0.25) is 0 Å². The summed E-state index contributed by atoms with van der Waals surface area (Å²) in [6.45, 7) is 0. The van der Waals surface area contributed by atoms with Crippen LogP contribution in [0.25, 0.3) is 10.2 Å². The van der Waals surface area contributed by atoms with Crippen LogP contribution < -0.4 is 5.32 Å². The van der Waals surface area contributed by atoms with Gasteiger partial charge in [0, 0.05) is 4.90 Å². The van der Waals surface area contributed by atoms with E-state index in [4.69, 9.17) is 4.98 Å². The van der Waals surface area contributed by atoms with Gasteiger partial charge in [0.05, 0.1) is 16.3 Å². The zero-order chi connectivity index (χ0) is 14.7. The van der Waals surface area contributed by atoms with Crippen LogP contribution in [0.3, 0.4) is 0 Å². The molecule has 3 aromatic rings. The minimum atomic E-state index is 0.266. The van der Waals surface area contributed by atoms with Crippen molar-refractivity contribution >= 4 is 33.3 Å². The molecular weight excluding hydrogens is 296 g/mol. The van der Waals surface area contributed by atoms with Gasteiger partial charge in [-0.05, 0) is 49.6 Å². The monoisotopic (exact) mass is 314 g/mol. The predicted molar refractivity (Wildman–Crippen MR) is 93.3 cm³/mol. The number of thioether (sulfide) groups is 1. The number of aromatic nitrogens is 1. The van der Waals surface area contributed by atoms with Gasteiger partial charge < -0.3 is 5.32 Å². The van der Waals surface area contributed by atoms with E-state index in [0.29, 0.717) is 0 Å². The van der Waals surface area contributed by atoms with Gasteiger partial charge in [-0.15, -0.1) is 23.1 Å². The number of benzene rings is 2. The Morgan fingerprint density at radius 1 is 1.14 bits per heavy atom. The molecule has 1 N–H and O–H groups in total. The summed E-state index contributed by atoms with van der Waals surface area (Å²) in [6.07, 6.45) is 3.07. The van der Waals surface area contributed by atoms with Crippen LogP contribution in [-0.4, -0.2) is 18.3 Å². The molecule has 0 radical (unpaired) electrons. The molecule has 1 heterocycles. The largest absolute Gasteiger partial charge is 0.311 e. The van der Waals surface area contributed by atoms with Crippen molar-refractivity contribution in [3.05, 3.63) is 59.1 Å². The van der Waals surface area contributed by atoms with E-state index >= 15 is 0 Å².